The minimum Gasteiger partial charge on any atom is -0.346 e. The SMILES string of the molecule is CCC(=O)N[C@H]([C]=O)[C@@H](C)CC. The summed E-state index contributed by atoms with van der Waals surface area (Å²) in [6.45, 7) is 5.66. The van der Waals surface area contributed by atoms with E-state index in [9.17, 15) is 9.59 Å². The van der Waals surface area contributed by atoms with E-state index in [4.69, 9.17) is 0 Å². The van der Waals surface area contributed by atoms with Crippen LogP contribution in [0, 0.1) is 5.92 Å². The molecule has 12 heavy (non-hydrogen) atoms. The number of rotatable bonds is 5. The lowest BCUT2D eigenvalue weighted by Crippen LogP contribution is -2.39. The quantitative estimate of drug-likeness (QED) is 0.670. The van der Waals surface area contributed by atoms with E-state index in [2.05, 4.69) is 5.32 Å². The molecule has 3 heteroatoms. The molecule has 0 saturated carbocycles. The highest BCUT2D eigenvalue weighted by molar-refractivity contribution is 5.79. The first-order chi connectivity index (χ1) is 5.65. The number of carbonyl (C=O) groups excluding carboxylic acids is 2. The zero-order valence-electron chi connectivity index (χ0n) is 7.89. The maximum atomic E-state index is 10.9. The Morgan fingerprint density at radius 3 is 2.42 bits per heavy atom. The molecule has 0 aromatic heterocycles. The van der Waals surface area contributed by atoms with Crippen LogP contribution in [0.5, 0.6) is 0 Å². The molecule has 0 fully saturated rings. The summed E-state index contributed by atoms with van der Waals surface area (Å²) in [5.41, 5.74) is 0. The topological polar surface area (TPSA) is 46.2 Å². The van der Waals surface area contributed by atoms with Gasteiger partial charge in [0.25, 0.3) is 0 Å². The summed E-state index contributed by atoms with van der Waals surface area (Å²) in [4.78, 5) is 21.3. The van der Waals surface area contributed by atoms with E-state index in [0.717, 1.165) is 6.42 Å². The van der Waals surface area contributed by atoms with Gasteiger partial charge in [-0.1, -0.05) is 27.2 Å². The van der Waals surface area contributed by atoms with Crippen LogP contribution in [0.3, 0.4) is 0 Å². The third-order valence-corrected chi connectivity index (χ3v) is 1.98. The Hall–Kier alpha value is -0.860. The summed E-state index contributed by atoms with van der Waals surface area (Å²) >= 11 is 0. The van der Waals surface area contributed by atoms with Crippen molar-refractivity contribution in [3.05, 3.63) is 0 Å². The Morgan fingerprint density at radius 2 is 2.08 bits per heavy atom. The van der Waals surface area contributed by atoms with Crippen molar-refractivity contribution in [3.63, 3.8) is 0 Å². The number of carbonyl (C=O) groups is 1. The predicted molar refractivity (Wildman–Crippen MR) is 47.4 cm³/mol. The Balaban J connectivity index is 3.98. The lowest BCUT2D eigenvalue weighted by molar-refractivity contribution is -0.121. The molecule has 0 aromatic carbocycles. The van der Waals surface area contributed by atoms with Gasteiger partial charge in [-0.2, -0.15) is 0 Å². The van der Waals surface area contributed by atoms with Crippen LogP contribution in [0.2, 0.25) is 0 Å². The van der Waals surface area contributed by atoms with E-state index in [1.54, 1.807) is 6.92 Å². The number of hydrogen-bond acceptors (Lipinski definition) is 2. The largest absolute Gasteiger partial charge is 0.346 e. The minimum absolute atomic E-state index is 0.0938. The molecule has 1 N–H and O–H groups in total. The van der Waals surface area contributed by atoms with Crippen LogP contribution in [0.1, 0.15) is 33.6 Å². The molecule has 0 aliphatic rings. The van der Waals surface area contributed by atoms with Crippen LogP contribution in [-0.4, -0.2) is 18.2 Å². The fraction of sp³-hybridized carbons (Fsp3) is 0.778. The van der Waals surface area contributed by atoms with Crippen LogP contribution in [-0.2, 0) is 9.59 Å². The molecule has 2 atom stereocenters. The first-order valence-electron chi connectivity index (χ1n) is 4.32. The first kappa shape index (κ1) is 11.1. The molecule has 0 spiro atoms. The summed E-state index contributed by atoms with van der Waals surface area (Å²) in [7, 11) is 0. The van der Waals surface area contributed by atoms with Gasteiger partial charge in [0.2, 0.25) is 12.2 Å². The van der Waals surface area contributed by atoms with Crippen molar-refractivity contribution >= 4 is 12.2 Å². The molecule has 0 heterocycles. The number of nitrogens with one attached hydrogen (secondary N) is 1. The average molecular weight is 170 g/mol. The van der Waals surface area contributed by atoms with Crippen molar-refractivity contribution < 1.29 is 9.59 Å². The van der Waals surface area contributed by atoms with Crippen molar-refractivity contribution in [2.75, 3.05) is 0 Å². The monoisotopic (exact) mass is 170 g/mol. The van der Waals surface area contributed by atoms with Gasteiger partial charge in [0, 0.05) is 6.42 Å². The van der Waals surface area contributed by atoms with Gasteiger partial charge in [-0.25, -0.2) is 0 Å². The van der Waals surface area contributed by atoms with Crippen LogP contribution >= 0.6 is 0 Å². The number of amides is 1. The van der Waals surface area contributed by atoms with E-state index in [-0.39, 0.29) is 11.8 Å². The van der Waals surface area contributed by atoms with Crippen LogP contribution in [0.15, 0.2) is 0 Å². The maximum Gasteiger partial charge on any atom is 0.223 e. The molecule has 0 aromatic rings. The molecule has 69 valence electrons. The highest BCUT2D eigenvalue weighted by Crippen LogP contribution is 2.05. The maximum absolute atomic E-state index is 10.9. The molecule has 0 aliphatic carbocycles. The van der Waals surface area contributed by atoms with Crippen molar-refractivity contribution in [1.82, 2.24) is 5.32 Å². The standard InChI is InChI=1S/C9H16NO2/c1-4-7(3)8(6-11)10-9(12)5-2/h7-8H,4-5H2,1-3H3,(H,10,12)/t7-,8+/m0/s1. The summed E-state index contributed by atoms with van der Waals surface area (Å²) < 4.78 is 0. The number of hydrogen-bond donors (Lipinski definition) is 1. The molecule has 1 radical (unpaired) electrons. The fourth-order valence-corrected chi connectivity index (χ4v) is 0.799. The average Bonchev–Trinajstić information content (AvgIpc) is 2.12. The molecular formula is C9H16NO2. The third kappa shape index (κ3) is 3.51. The molecule has 0 saturated heterocycles. The van der Waals surface area contributed by atoms with Crippen LogP contribution < -0.4 is 5.32 Å². The zero-order valence-corrected chi connectivity index (χ0v) is 7.89. The van der Waals surface area contributed by atoms with Gasteiger partial charge >= 0.3 is 0 Å². The van der Waals surface area contributed by atoms with E-state index in [0.29, 0.717) is 6.42 Å². The summed E-state index contributed by atoms with van der Waals surface area (Å²) in [6, 6.07) is -0.442. The third-order valence-electron chi connectivity index (χ3n) is 1.98. The lowest BCUT2D eigenvalue weighted by atomic mass is 10.0. The van der Waals surface area contributed by atoms with Crippen molar-refractivity contribution in [3.8, 4) is 0 Å². The van der Waals surface area contributed by atoms with Crippen molar-refractivity contribution in [2.45, 2.75) is 39.7 Å². The second-order valence-corrected chi connectivity index (χ2v) is 2.90. The van der Waals surface area contributed by atoms with Gasteiger partial charge in [0.15, 0.2) is 0 Å². The Kier molecular flexibility index (Phi) is 5.34. The molecule has 0 bridgehead atoms. The zero-order chi connectivity index (χ0) is 9.56. The van der Waals surface area contributed by atoms with Gasteiger partial charge in [-0.15, -0.1) is 0 Å². The second kappa shape index (κ2) is 5.75. The summed E-state index contributed by atoms with van der Waals surface area (Å²) in [6.07, 6.45) is 3.11. The first-order valence-corrected chi connectivity index (χ1v) is 4.32. The van der Waals surface area contributed by atoms with Crippen LogP contribution in [0.25, 0.3) is 0 Å². The Bertz CT molecular complexity index is 157. The molecule has 0 aliphatic heterocycles. The van der Waals surface area contributed by atoms with Gasteiger partial charge in [-0.3, -0.25) is 9.59 Å². The predicted octanol–water partition coefficient (Wildman–Crippen LogP) is 1.04. The van der Waals surface area contributed by atoms with E-state index in [1.165, 1.54) is 0 Å². The minimum atomic E-state index is -0.442. The molecule has 3 nitrogen and oxygen atoms in total. The van der Waals surface area contributed by atoms with Gasteiger partial charge in [0.05, 0.1) is 6.04 Å². The highest BCUT2D eigenvalue weighted by atomic mass is 16.2. The Labute approximate surface area is 73.5 Å². The van der Waals surface area contributed by atoms with Gasteiger partial charge in [-0.05, 0) is 5.92 Å². The van der Waals surface area contributed by atoms with Gasteiger partial charge < -0.3 is 5.32 Å². The molecule has 0 rings (SSSR count). The van der Waals surface area contributed by atoms with Crippen molar-refractivity contribution in [2.24, 2.45) is 5.92 Å². The van der Waals surface area contributed by atoms with E-state index >= 15 is 0 Å². The second-order valence-electron chi connectivity index (χ2n) is 2.90. The highest BCUT2D eigenvalue weighted by Gasteiger charge is 2.16. The van der Waals surface area contributed by atoms with Crippen LogP contribution in [0.4, 0.5) is 0 Å². The smallest absolute Gasteiger partial charge is 0.223 e. The normalized spacial score (nSPS) is 14.9. The fourth-order valence-electron chi connectivity index (χ4n) is 0.799. The van der Waals surface area contributed by atoms with Crippen molar-refractivity contribution in [1.29, 1.82) is 0 Å². The van der Waals surface area contributed by atoms with E-state index in [1.807, 2.05) is 20.1 Å². The summed E-state index contributed by atoms with van der Waals surface area (Å²) in [5, 5.41) is 2.60. The molecular weight excluding hydrogens is 154 g/mol. The molecule has 1 amide bonds. The van der Waals surface area contributed by atoms with Gasteiger partial charge in [0.1, 0.15) is 0 Å². The molecule has 0 unspecified atom stereocenters. The Morgan fingerprint density at radius 1 is 1.50 bits per heavy atom. The summed E-state index contributed by atoms with van der Waals surface area (Å²) in [5.74, 6) is 0.0710. The van der Waals surface area contributed by atoms with E-state index < -0.39 is 6.04 Å². The lowest BCUT2D eigenvalue weighted by Gasteiger charge is -2.17.